The lowest BCUT2D eigenvalue weighted by molar-refractivity contribution is -0.118. The molecule has 5 nitrogen and oxygen atoms in total. The predicted molar refractivity (Wildman–Crippen MR) is 59.5 cm³/mol. The van der Waals surface area contributed by atoms with Crippen molar-refractivity contribution in [3.05, 3.63) is 24.3 Å². The molecule has 16 heavy (non-hydrogen) atoms. The van der Waals surface area contributed by atoms with E-state index in [0.717, 1.165) is 11.0 Å². The number of para-hydroxylation sites is 2. The summed E-state index contributed by atoms with van der Waals surface area (Å²) in [5.41, 5.74) is 1.63. The highest BCUT2D eigenvalue weighted by atomic mass is 16.2. The van der Waals surface area contributed by atoms with E-state index in [1.54, 1.807) is 0 Å². The molecule has 1 atom stereocenters. The maximum absolute atomic E-state index is 11.4. The van der Waals surface area contributed by atoms with Gasteiger partial charge < -0.3 is 4.98 Å². The van der Waals surface area contributed by atoms with Crippen LogP contribution in [0.2, 0.25) is 0 Å². The minimum atomic E-state index is -0.687. The van der Waals surface area contributed by atoms with Gasteiger partial charge in [-0.3, -0.25) is 10.1 Å². The topological polar surface area (TPSA) is 81.6 Å². The van der Waals surface area contributed by atoms with Crippen LogP contribution in [-0.4, -0.2) is 15.9 Å². The Morgan fingerprint density at radius 3 is 3.00 bits per heavy atom. The summed E-state index contributed by atoms with van der Waals surface area (Å²) in [4.78, 5) is 18.6. The molecular formula is C11H10N4O. The first kappa shape index (κ1) is 10.2. The van der Waals surface area contributed by atoms with Crippen molar-refractivity contribution in [3.8, 4) is 6.07 Å². The van der Waals surface area contributed by atoms with Crippen LogP contribution in [0.1, 0.15) is 6.92 Å². The Labute approximate surface area is 92.1 Å². The number of aromatic nitrogens is 2. The number of anilines is 1. The number of carbonyl (C=O) groups is 1. The molecule has 5 heteroatoms. The zero-order valence-corrected chi connectivity index (χ0v) is 8.69. The fourth-order valence-electron chi connectivity index (χ4n) is 1.30. The first-order valence-corrected chi connectivity index (χ1v) is 4.86. The van der Waals surface area contributed by atoms with Crippen molar-refractivity contribution in [1.29, 1.82) is 5.26 Å². The van der Waals surface area contributed by atoms with E-state index in [-0.39, 0.29) is 5.91 Å². The van der Waals surface area contributed by atoms with Crippen molar-refractivity contribution in [2.24, 2.45) is 5.92 Å². The number of hydrogen-bond acceptors (Lipinski definition) is 3. The van der Waals surface area contributed by atoms with Crippen molar-refractivity contribution < 1.29 is 4.79 Å². The van der Waals surface area contributed by atoms with Gasteiger partial charge in [0.25, 0.3) is 0 Å². The van der Waals surface area contributed by atoms with Crippen molar-refractivity contribution in [1.82, 2.24) is 9.97 Å². The number of benzene rings is 1. The summed E-state index contributed by atoms with van der Waals surface area (Å²) in [6.45, 7) is 1.54. The Bertz CT molecular complexity index is 534. The van der Waals surface area contributed by atoms with E-state index in [4.69, 9.17) is 5.26 Å². The van der Waals surface area contributed by atoms with Gasteiger partial charge in [0.15, 0.2) is 0 Å². The highest BCUT2D eigenvalue weighted by Crippen LogP contribution is 2.13. The summed E-state index contributed by atoms with van der Waals surface area (Å²) in [7, 11) is 0. The Hall–Kier alpha value is -2.35. The number of nitriles is 1. The van der Waals surface area contributed by atoms with Gasteiger partial charge in [-0.25, -0.2) is 4.98 Å². The van der Waals surface area contributed by atoms with E-state index in [2.05, 4.69) is 15.3 Å². The lowest BCUT2D eigenvalue weighted by atomic mass is 10.2. The van der Waals surface area contributed by atoms with Gasteiger partial charge in [-0.2, -0.15) is 5.26 Å². The van der Waals surface area contributed by atoms with E-state index in [0.29, 0.717) is 5.95 Å². The number of nitrogens with one attached hydrogen (secondary N) is 2. The third kappa shape index (κ3) is 1.86. The SMILES string of the molecule is CC(C#N)C(=O)Nc1nc2ccccc2[nH]1. The first-order chi connectivity index (χ1) is 7.70. The van der Waals surface area contributed by atoms with Gasteiger partial charge in [-0.1, -0.05) is 12.1 Å². The smallest absolute Gasteiger partial charge is 0.243 e. The van der Waals surface area contributed by atoms with Crippen LogP contribution in [-0.2, 0) is 4.79 Å². The van der Waals surface area contributed by atoms with Crippen LogP contribution in [0, 0.1) is 17.2 Å². The summed E-state index contributed by atoms with van der Waals surface area (Å²) in [5, 5.41) is 11.1. The third-order valence-electron chi connectivity index (χ3n) is 2.22. The van der Waals surface area contributed by atoms with Gasteiger partial charge in [-0.15, -0.1) is 0 Å². The number of fused-ring (bicyclic) bond motifs is 1. The minimum absolute atomic E-state index is 0.360. The van der Waals surface area contributed by atoms with Crippen LogP contribution < -0.4 is 5.32 Å². The summed E-state index contributed by atoms with van der Waals surface area (Å²) in [5.74, 6) is -0.678. The zero-order valence-electron chi connectivity index (χ0n) is 8.69. The van der Waals surface area contributed by atoms with Crippen LogP contribution in [0.15, 0.2) is 24.3 Å². The molecule has 1 amide bonds. The second kappa shape index (κ2) is 4.03. The Morgan fingerprint density at radius 2 is 2.31 bits per heavy atom. The Morgan fingerprint density at radius 1 is 1.56 bits per heavy atom. The number of nitrogens with zero attached hydrogens (tertiary/aromatic N) is 2. The lowest BCUT2D eigenvalue weighted by Crippen LogP contribution is -2.19. The van der Waals surface area contributed by atoms with Crippen molar-refractivity contribution in [2.75, 3.05) is 5.32 Å². The highest BCUT2D eigenvalue weighted by molar-refractivity contribution is 5.93. The largest absolute Gasteiger partial charge is 0.324 e. The summed E-state index contributed by atoms with van der Waals surface area (Å²) >= 11 is 0. The van der Waals surface area contributed by atoms with Gasteiger partial charge in [0.1, 0.15) is 5.92 Å². The summed E-state index contributed by atoms with van der Waals surface area (Å²) in [6, 6.07) is 9.32. The summed E-state index contributed by atoms with van der Waals surface area (Å²) < 4.78 is 0. The van der Waals surface area contributed by atoms with E-state index in [9.17, 15) is 4.79 Å². The molecule has 2 rings (SSSR count). The number of imidazole rings is 1. The van der Waals surface area contributed by atoms with E-state index in [1.165, 1.54) is 6.92 Å². The molecule has 2 N–H and O–H groups in total. The molecule has 0 saturated heterocycles. The first-order valence-electron chi connectivity index (χ1n) is 4.86. The minimum Gasteiger partial charge on any atom is -0.324 e. The second-order valence-electron chi connectivity index (χ2n) is 3.44. The normalized spacial score (nSPS) is 12.0. The molecule has 0 aliphatic carbocycles. The van der Waals surface area contributed by atoms with Crippen molar-refractivity contribution in [3.63, 3.8) is 0 Å². The Balaban J connectivity index is 2.23. The predicted octanol–water partition coefficient (Wildman–Crippen LogP) is 1.66. The average molecular weight is 214 g/mol. The molecular weight excluding hydrogens is 204 g/mol. The quantitative estimate of drug-likeness (QED) is 0.797. The van der Waals surface area contributed by atoms with Crippen molar-refractivity contribution >= 4 is 22.9 Å². The molecule has 1 heterocycles. The lowest BCUT2D eigenvalue weighted by Gasteiger charge is -2.01. The molecule has 1 aromatic carbocycles. The highest BCUT2D eigenvalue weighted by Gasteiger charge is 2.13. The van der Waals surface area contributed by atoms with Gasteiger partial charge in [0.2, 0.25) is 11.9 Å². The van der Waals surface area contributed by atoms with E-state index in [1.807, 2.05) is 30.3 Å². The van der Waals surface area contributed by atoms with E-state index < -0.39 is 5.92 Å². The fourth-order valence-corrected chi connectivity index (χ4v) is 1.30. The maximum atomic E-state index is 11.4. The standard InChI is InChI=1S/C11H10N4O/c1-7(6-12)10(16)15-11-13-8-4-2-3-5-9(8)14-11/h2-5,7H,1H3,(H2,13,14,15,16). The molecule has 0 saturated carbocycles. The molecule has 0 spiro atoms. The average Bonchev–Trinajstić information content (AvgIpc) is 2.69. The number of aromatic amines is 1. The van der Waals surface area contributed by atoms with Crippen LogP contribution in [0.4, 0.5) is 5.95 Å². The van der Waals surface area contributed by atoms with Gasteiger partial charge in [0, 0.05) is 0 Å². The second-order valence-corrected chi connectivity index (χ2v) is 3.44. The molecule has 2 aromatic rings. The number of rotatable bonds is 2. The van der Waals surface area contributed by atoms with E-state index >= 15 is 0 Å². The molecule has 0 aliphatic heterocycles. The maximum Gasteiger partial charge on any atom is 0.243 e. The molecule has 0 radical (unpaired) electrons. The van der Waals surface area contributed by atoms with Crippen LogP contribution in [0.3, 0.4) is 0 Å². The Kier molecular flexibility index (Phi) is 2.56. The third-order valence-corrected chi connectivity index (χ3v) is 2.22. The number of hydrogen-bond donors (Lipinski definition) is 2. The molecule has 1 aromatic heterocycles. The summed E-state index contributed by atoms with van der Waals surface area (Å²) in [6.07, 6.45) is 0. The number of amides is 1. The number of H-pyrrole nitrogens is 1. The zero-order chi connectivity index (χ0) is 11.5. The monoisotopic (exact) mass is 214 g/mol. The van der Waals surface area contributed by atoms with Crippen LogP contribution in [0.5, 0.6) is 0 Å². The van der Waals surface area contributed by atoms with Gasteiger partial charge in [-0.05, 0) is 19.1 Å². The molecule has 0 aliphatic rings. The molecule has 1 unspecified atom stereocenters. The molecule has 0 fully saturated rings. The van der Waals surface area contributed by atoms with Crippen LogP contribution in [0.25, 0.3) is 11.0 Å². The number of carbonyl (C=O) groups excluding carboxylic acids is 1. The van der Waals surface area contributed by atoms with Gasteiger partial charge >= 0.3 is 0 Å². The molecule has 0 bridgehead atoms. The molecule has 80 valence electrons. The van der Waals surface area contributed by atoms with Gasteiger partial charge in [0.05, 0.1) is 17.1 Å². The fraction of sp³-hybridized carbons (Fsp3) is 0.182. The van der Waals surface area contributed by atoms with Crippen molar-refractivity contribution in [2.45, 2.75) is 6.92 Å². The van der Waals surface area contributed by atoms with Crippen LogP contribution >= 0.6 is 0 Å².